The van der Waals surface area contributed by atoms with Gasteiger partial charge in [-0.2, -0.15) is 6.42 Å². The second kappa shape index (κ2) is 22.1. The second-order valence-corrected chi connectivity index (χ2v) is 4.07. The Morgan fingerprint density at radius 1 is 1.00 bits per heavy atom. The van der Waals surface area contributed by atoms with E-state index in [-0.39, 0.29) is 35.0 Å². The second-order valence-electron chi connectivity index (χ2n) is 4.07. The summed E-state index contributed by atoms with van der Waals surface area (Å²) in [5.74, 6) is 0.207. The van der Waals surface area contributed by atoms with Gasteiger partial charge in [-0.1, -0.05) is 39.0 Å². The average Bonchev–Trinajstić information content (AvgIpc) is 2.23. The van der Waals surface area contributed by atoms with E-state index in [0.29, 0.717) is 6.42 Å². The third kappa shape index (κ3) is 21.2. The van der Waals surface area contributed by atoms with Gasteiger partial charge in [0.1, 0.15) is 0 Å². The summed E-state index contributed by atoms with van der Waals surface area (Å²) in [5.41, 5.74) is 0. The molecule has 1 N–H and O–H groups in total. The van der Waals surface area contributed by atoms with Crippen molar-refractivity contribution in [2.75, 3.05) is 6.54 Å². The van der Waals surface area contributed by atoms with Crippen LogP contribution in [-0.2, 0) is 4.79 Å². The van der Waals surface area contributed by atoms with Crippen LogP contribution in [0, 0.1) is 36.1 Å². The summed E-state index contributed by atoms with van der Waals surface area (Å²) in [4.78, 5) is 11.3. The Labute approximate surface area is 124 Å². The van der Waals surface area contributed by atoms with E-state index in [2.05, 4.69) is 19.2 Å². The smallest absolute Gasteiger partial charge is 0.219 e. The molecule has 0 saturated heterocycles. The van der Waals surface area contributed by atoms with Crippen molar-refractivity contribution in [1.29, 1.82) is 0 Å². The first-order chi connectivity index (χ1) is 7.31. The topological polar surface area (TPSA) is 29.1 Å². The van der Waals surface area contributed by atoms with Crippen LogP contribution in [0.3, 0.4) is 0 Å². The number of unbranched alkanes of at least 4 members (excludes halogenated alkanes) is 6. The molecule has 0 fully saturated rings. The molecule has 113 valence electrons. The SMILES string of the molecule is [Am].[CH2-]CCCCC(=O)NCCCCCCC.[CH3-].[CH3-]. The Balaban J connectivity index is -0.000000327. The standard InChI is InChI=1S/C13H26NO.2CH3.Am/c1-3-5-7-8-10-12-14-13(15)11-9-6-4-2;;;/h2-12H2,1H3,(H,14,15);2*1H3;/q3*-1;. The molecule has 0 unspecified atom stereocenters. The van der Waals surface area contributed by atoms with Crippen molar-refractivity contribution < 1.29 is 19.1 Å². The molecule has 1 amide bonds. The fraction of sp³-hybridized carbons (Fsp3) is 0.733. The monoisotopic (exact) mass is 483 g/mol. The summed E-state index contributed by atoms with van der Waals surface area (Å²) in [6.07, 6.45) is 9.90. The van der Waals surface area contributed by atoms with Crippen LogP contribution >= 0.6 is 0 Å². The number of nitrogens with one attached hydrogen (secondary N) is 1. The van der Waals surface area contributed by atoms with E-state index in [1.807, 2.05) is 0 Å². The Bertz CT molecular complexity index is 151. The minimum atomic E-state index is 0. The summed E-state index contributed by atoms with van der Waals surface area (Å²) >= 11 is 0. The van der Waals surface area contributed by atoms with Crippen LogP contribution in [0.25, 0.3) is 0 Å². The summed E-state index contributed by atoms with van der Waals surface area (Å²) < 4.78 is 0. The molecule has 0 aliphatic carbocycles. The van der Waals surface area contributed by atoms with E-state index in [1.165, 1.54) is 25.7 Å². The van der Waals surface area contributed by atoms with Gasteiger partial charge in [0.2, 0.25) is 5.91 Å². The molecular formula is C15H32AmNO-3. The molecule has 0 aliphatic rings. The van der Waals surface area contributed by atoms with Gasteiger partial charge in [-0.15, -0.1) is 0 Å². The average molecular weight is 485 g/mol. The molecule has 0 spiro atoms. The van der Waals surface area contributed by atoms with Crippen LogP contribution < -0.4 is 5.32 Å². The zero-order valence-corrected chi connectivity index (χ0v) is 15.7. The molecule has 0 atom stereocenters. The van der Waals surface area contributed by atoms with Crippen LogP contribution in [0.2, 0.25) is 0 Å². The summed E-state index contributed by atoms with van der Waals surface area (Å²) in [5, 5.41) is 2.96. The van der Waals surface area contributed by atoms with Gasteiger partial charge in [0.25, 0.3) is 0 Å². The van der Waals surface area contributed by atoms with Crippen molar-refractivity contribution in [3.8, 4) is 0 Å². The first-order valence-electron chi connectivity index (χ1n) is 6.37. The van der Waals surface area contributed by atoms with Crippen LogP contribution in [-0.4, -0.2) is 12.5 Å². The van der Waals surface area contributed by atoms with Crippen molar-refractivity contribution >= 4 is 5.91 Å². The number of hydrogen-bond acceptors (Lipinski definition) is 1. The van der Waals surface area contributed by atoms with Gasteiger partial charge < -0.3 is 27.1 Å². The fourth-order valence-corrected chi connectivity index (χ4v) is 1.51. The number of carbonyl (C=O) groups is 1. The molecule has 0 aromatic carbocycles. The van der Waals surface area contributed by atoms with Gasteiger partial charge in [-0.25, -0.2) is 0 Å². The molecule has 0 aromatic rings. The maximum absolute atomic E-state index is 11.3. The largest absolute Gasteiger partial charge is 0.358 e. The van der Waals surface area contributed by atoms with E-state index in [4.69, 9.17) is 0 Å². The molecule has 1 radical (unpaired) electrons. The van der Waals surface area contributed by atoms with E-state index in [0.717, 1.165) is 32.2 Å². The zero-order chi connectivity index (χ0) is 11.4. The molecule has 3 heteroatoms. The fourth-order valence-electron chi connectivity index (χ4n) is 1.51. The first kappa shape index (κ1) is 26.4. The summed E-state index contributed by atoms with van der Waals surface area (Å²) in [6.45, 7) is 6.82. The number of rotatable bonds is 10. The van der Waals surface area contributed by atoms with Crippen LogP contribution in [0.1, 0.15) is 64.7 Å². The molecule has 0 aromatic heterocycles. The predicted molar refractivity (Wildman–Crippen MR) is 78.4 cm³/mol. The number of amides is 1. The van der Waals surface area contributed by atoms with Gasteiger partial charge in [0, 0.05) is 27.2 Å². The minimum Gasteiger partial charge on any atom is -0.358 e. The van der Waals surface area contributed by atoms with Crippen LogP contribution in [0.15, 0.2) is 0 Å². The molecule has 0 saturated carbocycles. The van der Waals surface area contributed by atoms with Crippen LogP contribution in [0.4, 0.5) is 0 Å². The van der Waals surface area contributed by atoms with E-state index < -0.39 is 0 Å². The third-order valence-electron chi connectivity index (χ3n) is 2.51. The molecular weight excluding hydrogens is 453 g/mol. The van der Waals surface area contributed by atoms with Gasteiger partial charge in [-0.05, 0) is 12.8 Å². The van der Waals surface area contributed by atoms with Gasteiger partial charge in [0.15, 0.2) is 0 Å². The van der Waals surface area contributed by atoms with Gasteiger partial charge >= 0.3 is 0 Å². The third-order valence-corrected chi connectivity index (χ3v) is 2.51. The van der Waals surface area contributed by atoms with E-state index in [9.17, 15) is 4.79 Å². The zero-order valence-electron chi connectivity index (χ0n) is 12.6. The Morgan fingerprint density at radius 2 is 1.61 bits per heavy atom. The molecule has 0 aliphatic heterocycles. The number of carbonyl (C=O) groups excluding carboxylic acids is 1. The van der Waals surface area contributed by atoms with Crippen molar-refractivity contribution in [3.63, 3.8) is 0 Å². The van der Waals surface area contributed by atoms with Crippen molar-refractivity contribution in [2.24, 2.45) is 0 Å². The molecule has 18 heavy (non-hydrogen) atoms. The summed E-state index contributed by atoms with van der Waals surface area (Å²) in [6, 6.07) is 0. The van der Waals surface area contributed by atoms with Gasteiger partial charge in [0.05, 0.1) is 0 Å². The maximum atomic E-state index is 11.3. The maximum Gasteiger partial charge on any atom is 0.219 e. The Hall–Kier alpha value is -0.140. The molecule has 2 nitrogen and oxygen atoms in total. The van der Waals surface area contributed by atoms with Gasteiger partial charge in [-0.3, -0.25) is 4.79 Å². The number of hydrogen-bond donors (Lipinski definition) is 1. The van der Waals surface area contributed by atoms with E-state index in [1.54, 1.807) is 0 Å². The Morgan fingerprint density at radius 3 is 2.17 bits per heavy atom. The Kier molecular flexibility index (Phi) is 32.4. The molecule has 0 bridgehead atoms. The molecule has 0 rings (SSSR count). The van der Waals surface area contributed by atoms with Crippen LogP contribution in [0.5, 0.6) is 0 Å². The first-order valence-corrected chi connectivity index (χ1v) is 6.37. The van der Waals surface area contributed by atoms with Crippen molar-refractivity contribution in [1.82, 2.24) is 5.32 Å². The minimum absolute atomic E-state index is 0. The normalized spacial score (nSPS) is 8.56. The van der Waals surface area contributed by atoms with Crippen molar-refractivity contribution in [3.05, 3.63) is 21.8 Å². The summed E-state index contributed by atoms with van der Waals surface area (Å²) in [7, 11) is 0. The quantitative estimate of drug-likeness (QED) is 0.362. The van der Waals surface area contributed by atoms with E-state index >= 15 is 0 Å². The molecule has 0 heterocycles. The van der Waals surface area contributed by atoms with Crippen molar-refractivity contribution in [2.45, 2.75) is 64.7 Å². The predicted octanol–water partition coefficient (Wildman–Crippen LogP) is 4.37.